The molecule has 3 heterocycles. The Morgan fingerprint density at radius 2 is 2.12 bits per heavy atom. The van der Waals surface area contributed by atoms with Crippen molar-refractivity contribution < 1.29 is 9.53 Å². The largest absolute Gasteiger partial charge is 0.379 e. The van der Waals surface area contributed by atoms with Gasteiger partial charge in [0.15, 0.2) is 0 Å². The van der Waals surface area contributed by atoms with Gasteiger partial charge in [-0.1, -0.05) is 0 Å². The van der Waals surface area contributed by atoms with Gasteiger partial charge in [-0.05, 0) is 33.2 Å². The van der Waals surface area contributed by atoms with Crippen molar-refractivity contribution in [1.82, 2.24) is 24.9 Å². The van der Waals surface area contributed by atoms with Crippen LogP contribution in [0.1, 0.15) is 38.3 Å². The molecule has 140 valence electrons. The van der Waals surface area contributed by atoms with E-state index in [0.29, 0.717) is 19.1 Å². The number of hydrogen-bond donors (Lipinski definition) is 1. The number of carbonyl (C=O) groups is 1. The molecule has 1 N–H and O–H groups in total. The highest BCUT2D eigenvalue weighted by molar-refractivity contribution is 5.78. The average Bonchev–Trinajstić information content (AvgIpc) is 3.22. The number of aromatic nitrogens is 2. The Morgan fingerprint density at radius 1 is 1.36 bits per heavy atom. The smallest absolute Gasteiger partial charge is 0.234 e. The summed E-state index contributed by atoms with van der Waals surface area (Å²) in [6, 6.07) is 0.312. The van der Waals surface area contributed by atoms with Crippen LogP contribution in [0.5, 0.6) is 0 Å². The molecule has 25 heavy (non-hydrogen) atoms. The lowest BCUT2D eigenvalue weighted by molar-refractivity contribution is -0.123. The molecule has 0 bridgehead atoms. The van der Waals surface area contributed by atoms with Gasteiger partial charge < -0.3 is 10.1 Å². The van der Waals surface area contributed by atoms with Crippen molar-refractivity contribution in [2.24, 2.45) is 7.05 Å². The third kappa shape index (κ3) is 4.59. The van der Waals surface area contributed by atoms with Crippen LogP contribution in [0.25, 0.3) is 0 Å². The van der Waals surface area contributed by atoms with E-state index in [1.54, 1.807) is 0 Å². The van der Waals surface area contributed by atoms with Crippen molar-refractivity contribution in [1.29, 1.82) is 0 Å². The van der Waals surface area contributed by atoms with Gasteiger partial charge >= 0.3 is 0 Å². The first-order valence-electron chi connectivity index (χ1n) is 9.28. The topological polar surface area (TPSA) is 62.6 Å². The zero-order valence-electron chi connectivity index (χ0n) is 15.7. The van der Waals surface area contributed by atoms with Crippen LogP contribution in [-0.4, -0.2) is 77.0 Å². The number of hydrogen-bond acceptors (Lipinski definition) is 5. The third-order valence-electron chi connectivity index (χ3n) is 5.41. The van der Waals surface area contributed by atoms with Crippen LogP contribution in [0.2, 0.25) is 0 Å². The maximum absolute atomic E-state index is 12.5. The summed E-state index contributed by atoms with van der Waals surface area (Å²) < 4.78 is 7.25. The molecule has 7 heteroatoms. The number of amides is 1. The molecule has 1 atom stereocenters. The Balaban J connectivity index is 1.50. The van der Waals surface area contributed by atoms with Gasteiger partial charge in [0, 0.05) is 50.0 Å². The molecular weight excluding hydrogens is 318 g/mol. The Kier molecular flexibility index (Phi) is 5.76. The van der Waals surface area contributed by atoms with Crippen molar-refractivity contribution in [3.8, 4) is 0 Å². The zero-order chi connectivity index (χ0) is 17.9. The summed E-state index contributed by atoms with van der Waals surface area (Å²) >= 11 is 0. The van der Waals surface area contributed by atoms with E-state index in [0.717, 1.165) is 45.7 Å². The molecule has 3 rings (SSSR count). The van der Waals surface area contributed by atoms with Crippen LogP contribution in [0.15, 0.2) is 12.4 Å². The van der Waals surface area contributed by atoms with Crippen molar-refractivity contribution in [2.75, 3.05) is 45.9 Å². The van der Waals surface area contributed by atoms with Crippen LogP contribution in [-0.2, 0) is 16.6 Å². The van der Waals surface area contributed by atoms with Crippen LogP contribution in [0, 0.1) is 0 Å². The molecule has 2 aliphatic heterocycles. The third-order valence-corrected chi connectivity index (χ3v) is 5.41. The van der Waals surface area contributed by atoms with E-state index in [1.165, 1.54) is 5.56 Å². The molecule has 2 aliphatic rings. The Morgan fingerprint density at radius 3 is 2.80 bits per heavy atom. The second-order valence-electron chi connectivity index (χ2n) is 7.76. The molecule has 2 saturated heterocycles. The number of likely N-dealkylation sites (tertiary alicyclic amines) is 1. The summed E-state index contributed by atoms with van der Waals surface area (Å²) in [6.07, 6.45) is 6.20. The molecule has 0 saturated carbocycles. The predicted molar refractivity (Wildman–Crippen MR) is 96.2 cm³/mol. The van der Waals surface area contributed by atoms with Gasteiger partial charge in [-0.15, -0.1) is 0 Å². The van der Waals surface area contributed by atoms with E-state index in [1.807, 2.05) is 17.9 Å². The highest BCUT2D eigenvalue weighted by Gasteiger charge is 2.31. The highest BCUT2D eigenvalue weighted by atomic mass is 16.5. The molecule has 0 aliphatic carbocycles. The first-order valence-corrected chi connectivity index (χ1v) is 9.28. The molecule has 0 spiro atoms. The van der Waals surface area contributed by atoms with Crippen molar-refractivity contribution in [2.45, 2.75) is 38.3 Å². The Labute approximate surface area is 150 Å². The van der Waals surface area contributed by atoms with E-state index < -0.39 is 0 Å². The quantitative estimate of drug-likeness (QED) is 0.822. The summed E-state index contributed by atoms with van der Waals surface area (Å²) in [5.74, 6) is 0.108. The maximum atomic E-state index is 12.5. The number of aryl methyl sites for hydroxylation is 1. The average molecular weight is 349 g/mol. The monoisotopic (exact) mass is 349 g/mol. The van der Waals surface area contributed by atoms with Crippen LogP contribution < -0.4 is 5.32 Å². The molecule has 0 aromatic carbocycles. The van der Waals surface area contributed by atoms with E-state index in [2.05, 4.69) is 40.3 Å². The Bertz CT molecular complexity index is 580. The van der Waals surface area contributed by atoms with Crippen molar-refractivity contribution in [3.63, 3.8) is 0 Å². The van der Waals surface area contributed by atoms with Crippen molar-refractivity contribution >= 4 is 5.91 Å². The molecule has 1 aromatic heterocycles. The van der Waals surface area contributed by atoms with Gasteiger partial charge in [0.1, 0.15) is 0 Å². The lowest BCUT2D eigenvalue weighted by atomic mass is 10.0. The summed E-state index contributed by atoms with van der Waals surface area (Å²) in [7, 11) is 1.93. The lowest BCUT2D eigenvalue weighted by Crippen LogP contribution is -2.56. The van der Waals surface area contributed by atoms with E-state index >= 15 is 0 Å². The fourth-order valence-electron chi connectivity index (χ4n) is 3.84. The summed E-state index contributed by atoms with van der Waals surface area (Å²) in [4.78, 5) is 17.2. The molecule has 7 nitrogen and oxygen atoms in total. The van der Waals surface area contributed by atoms with E-state index in [9.17, 15) is 4.79 Å². The second kappa shape index (κ2) is 7.85. The van der Waals surface area contributed by atoms with Gasteiger partial charge in [0.05, 0.1) is 26.0 Å². The van der Waals surface area contributed by atoms with Crippen molar-refractivity contribution in [3.05, 3.63) is 18.0 Å². The molecule has 0 unspecified atom stereocenters. The fraction of sp³-hybridized carbons (Fsp3) is 0.778. The first kappa shape index (κ1) is 18.4. The minimum atomic E-state index is -0.0484. The van der Waals surface area contributed by atoms with Gasteiger partial charge in [-0.2, -0.15) is 5.10 Å². The Hall–Kier alpha value is -1.44. The van der Waals surface area contributed by atoms with Crippen LogP contribution in [0.3, 0.4) is 0 Å². The van der Waals surface area contributed by atoms with E-state index in [4.69, 9.17) is 4.74 Å². The molecule has 0 radical (unpaired) electrons. The molecule has 1 amide bonds. The normalized spacial score (nSPS) is 23.1. The SMILES string of the molecule is Cn1cc([C@@H]2CCCN2CC(=O)NCC(C)(C)N2CCOCC2)cn1. The van der Waals surface area contributed by atoms with Gasteiger partial charge in [-0.25, -0.2) is 0 Å². The molecular formula is C18H31N5O2. The lowest BCUT2D eigenvalue weighted by Gasteiger charge is -2.41. The standard InChI is InChI=1S/C18H31N5O2/c1-18(2,23-7-9-25-10-8-23)14-19-17(24)13-22-6-4-5-16(22)15-11-20-21(3)12-15/h11-12,16H,4-10,13-14H2,1-3H3,(H,19,24)/t16-/m0/s1. The number of ether oxygens (including phenoxy) is 1. The van der Waals surface area contributed by atoms with Crippen LogP contribution >= 0.6 is 0 Å². The summed E-state index contributed by atoms with van der Waals surface area (Å²) in [5.41, 5.74) is 1.16. The number of morpholine rings is 1. The van der Waals surface area contributed by atoms with Crippen LogP contribution in [0.4, 0.5) is 0 Å². The second-order valence-corrected chi connectivity index (χ2v) is 7.76. The number of rotatable bonds is 6. The number of nitrogens with one attached hydrogen (secondary N) is 1. The minimum Gasteiger partial charge on any atom is -0.379 e. The summed E-state index contributed by atoms with van der Waals surface area (Å²) in [6.45, 7) is 9.88. The predicted octanol–water partition coefficient (Wildman–Crippen LogP) is 0.784. The first-order chi connectivity index (χ1) is 12.0. The maximum Gasteiger partial charge on any atom is 0.234 e. The van der Waals surface area contributed by atoms with Gasteiger partial charge in [-0.3, -0.25) is 19.3 Å². The highest BCUT2D eigenvalue weighted by Crippen LogP contribution is 2.31. The van der Waals surface area contributed by atoms with Gasteiger partial charge in [0.25, 0.3) is 0 Å². The number of carbonyl (C=O) groups excluding carboxylic acids is 1. The van der Waals surface area contributed by atoms with E-state index in [-0.39, 0.29) is 11.4 Å². The number of nitrogens with zero attached hydrogens (tertiary/aromatic N) is 4. The molecule has 2 fully saturated rings. The minimum absolute atomic E-state index is 0.0484. The fourth-order valence-corrected chi connectivity index (χ4v) is 3.84. The zero-order valence-corrected chi connectivity index (χ0v) is 15.7. The summed E-state index contributed by atoms with van der Waals surface area (Å²) in [5, 5.41) is 7.41. The van der Waals surface area contributed by atoms with Gasteiger partial charge in [0.2, 0.25) is 5.91 Å². The molecule has 1 aromatic rings.